The van der Waals surface area contributed by atoms with E-state index in [0.717, 1.165) is 10.8 Å². The maximum Gasteiger partial charge on any atom is 0.250 e. The summed E-state index contributed by atoms with van der Waals surface area (Å²) in [6.45, 7) is 0. The molecule has 8 heteroatoms. The van der Waals surface area contributed by atoms with Gasteiger partial charge in [0.25, 0.3) is 0 Å². The smallest absolute Gasteiger partial charge is 0.250 e. The molecule has 34 heavy (non-hydrogen) atoms. The standard InChI is InChI=1S/C26H22N4O4/c27-20(31)12-11-19-21-22(26(29-19)17-7-3-4-8-18(17)28-25(26)34)24(33)30(23(21)32)16-10-9-14-5-1-2-6-15(14)13-16/h1-10,13,19,21-22,29H,11-12H2,(H2,27,31)(H,28,34). The Morgan fingerprint density at radius 3 is 2.47 bits per heavy atom. The highest BCUT2D eigenvalue weighted by Crippen LogP contribution is 2.54. The molecule has 3 aliphatic rings. The number of fused-ring (bicyclic) bond motifs is 5. The van der Waals surface area contributed by atoms with Crippen LogP contribution in [0.5, 0.6) is 0 Å². The summed E-state index contributed by atoms with van der Waals surface area (Å²) in [5.41, 5.74) is 5.71. The summed E-state index contributed by atoms with van der Waals surface area (Å²) in [6.07, 6.45) is 0.288. The molecule has 3 aromatic carbocycles. The first-order valence-electron chi connectivity index (χ1n) is 11.3. The molecule has 2 saturated heterocycles. The second kappa shape index (κ2) is 7.23. The minimum absolute atomic E-state index is 0.0394. The van der Waals surface area contributed by atoms with Crippen LogP contribution in [0.15, 0.2) is 66.7 Å². The summed E-state index contributed by atoms with van der Waals surface area (Å²) in [4.78, 5) is 53.8. The number of carbonyl (C=O) groups is 4. The van der Waals surface area contributed by atoms with Crippen LogP contribution < -0.4 is 21.3 Å². The number of hydrogen-bond donors (Lipinski definition) is 3. The summed E-state index contributed by atoms with van der Waals surface area (Å²) in [5, 5.41) is 8.07. The van der Waals surface area contributed by atoms with Crippen LogP contribution in [0.25, 0.3) is 10.8 Å². The maximum atomic E-state index is 13.9. The van der Waals surface area contributed by atoms with Gasteiger partial charge in [0, 0.05) is 23.7 Å². The first kappa shape index (κ1) is 20.6. The molecule has 4 unspecified atom stereocenters. The van der Waals surface area contributed by atoms with E-state index in [2.05, 4.69) is 10.6 Å². The van der Waals surface area contributed by atoms with E-state index in [1.165, 1.54) is 4.90 Å². The molecule has 3 aliphatic heterocycles. The Labute approximate surface area is 195 Å². The second-order valence-corrected chi connectivity index (χ2v) is 9.11. The number of benzene rings is 3. The van der Waals surface area contributed by atoms with Gasteiger partial charge in [0.15, 0.2) is 0 Å². The molecule has 2 fully saturated rings. The van der Waals surface area contributed by atoms with Gasteiger partial charge in [0.05, 0.1) is 17.5 Å². The van der Waals surface area contributed by atoms with Gasteiger partial charge in [0.1, 0.15) is 5.54 Å². The summed E-state index contributed by atoms with van der Waals surface area (Å²) in [5.74, 6) is -3.40. The average molecular weight is 454 g/mol. The lowest BCUT2D eigenvalue weighted by Gasteiger charge is -2.29. The predicted octanol–water partition coefficient (Wildman–Crippen LogP) is 2.03. The van der Waals surface area contributed by atoms with Crippen molar-refractivity contribution < 1.29 is 19.2 Å². The highest BCUT2D eigenvalue weighted by atomic mass is 16.2. The first-order valence-corrected chi connectivity index (χ1v) is 11.3. The molecule has 3 aromatic rings. The van der Waals surface area contributed by atoms with Crippen LogP contribution in [0.3, 0.4) is 0 Å². The monoisotopic (exact) mass is 454 g/mol. The van der Waals surface area contributed by atoms with Crippen molar-refractivity contribution in [1.29, 1.82) is 0 Å². The maximum absolute atomic E-state index is 13.9. The zero-order chi connectivity index (χ0) is 23.6. The van der Waals surface area contributed by atoms with E-state index < -0.39 is 35.2 Å². The number of para-hydroxylation sites is 1. The SMILES string of the molecule is NC(=O)CCC1NC2(C(=O)Nc3ccccc32)C2C(=O)N(c3ccc4ccccc4c3)C(=O)C12. The highest BCUT2D eigenvalue weighted by Gasteiger charge is 2.70. The Balaban J connectivity index is 1.48. The number of nitrogens with one attached hydrogen (secondary N) is 2. The molecule has 0 radical (unpaired) electrons. The van der Waals surface area contributed by atoms with Gasteiger partial charge >= 0.3 is 0 Å². The number of imide groups is 1. The molecule has 0 bridgehead atoms. The molecule has 170 valence electrons. The topological polar surface area (TPSA) is 122 Å². The van der Waals surface area contributed by atoms with Crippen LogP contribution in [0.1, 0.15) is 18.4 Å². The number of anilines is 2. The van der Waals surface area contributed by atoms with Crippen molar-refractivity contribution in [1.82, 2.24) is 5.32 Å². The van der Waals surface area contributed by atoms with E-state index >= 15 is 0 Å². The van der Waals surface area contributed by atoms with E-state index in [0.29, 0.717) is 16.9 Å². The van der Waals surface area contributed by atoms with E-state index in [4.69, 9.17) is 5.73 Å². The Morgan fingerprint density at radius 2 is 1.68 bits per heavy atom. The van der Waals surface area contributed by atoms with Crippen LogP contribution in [0, 0.1) is 11.8 Å². The predicted molar refractivity (Wildman–Crippen MR) is 126 cm³/mol. The zero-order valence-corrected chi connectivity index (χ0v) is 18.2. The van der Waals surface area contributed by atoms with Gasteiger partial charge in [-0.3, -0.25) is 24.5 Å². The highest BCUT2D eigenvalue weighted by molar-refractivity contribution is 6.26. The molecule has 4 N–H and O–H groups in total. The van der Waals surface area contributed by atoms with Gasteiger partial charge in [-0.2, -0.15) is 0 Å². The van der Waals surface area contributed by atoms with E-state index in [9.17, 15) is 19.2 Å². The molecule has 0 aliphatic carbocycles. The van der Waals surface area contributed by atoms with Gasteiger partial charge in [-0.1, -0.05) is 48.5 Å². The Kier molecular flexibility index (Phi) is 4.37. The molecular formula is C26H22N4O4. The minimum Gasteiger partial charge on any atom is -0.370 e. The van der Waals surface area contributed by atoms with Crippen LogP contribution in [0.2, 0.25) is 0 Å². The molecular weight excluding hydrogens is 432 g/mol. The van der Waals surface area contributed by atoms with Gasteiger partial charge in [-0.25, -0.2) is 4.90 Å². The molecule has 6 rings (SSSR count). The van der Waals surface area contributed by atoms with Crippen molar-refractivity contribution in [3.05, 3.63) is 72.3 Å². The fourth-order valence-corrected chi connectivity index (χ4v) is 5.87. The molecule has 0 saturated carbocycles. The van der Waals surface area contributed by atoms with E-state index in [1.807, 2.05) is 36.4 Å². The summed E-state index contributed by atoms with van der Waals surface area (Å²) in [6, 6.07) is 19.8. The fourth-order valence-electron chi connectivity index (χ4n) is 5.87. The quantitative estimate of drug-likeness (QED) is 0.521. The van der Waals surface area contributed by atoms with Crippen molar-refractivity contribution in [3.63, 3.8) is 0 Å². The van der Waals surface area contributed by atoms with Gasteiger partial charge < -0.3 is 11.1 Å². The van der Waals surface area contributed by atoms with Crippen LogP contribution in [0.4, 0.5) is 11.4 Å². The number of hydrogen-bond acceptors (Lipinski definition) is 5. The lowest BCUT2D eigenvalue weighted by molar-refractivity contribution is -0.130. The van der Waals surface area contributed by atoms with Crippen molar-refractivity contribution in [2.75, 3.05) is 10.2 Å². The summed E-state index contributed by atoms with van der Waals surface area (Å²) < 4.78 is 0. The third kappa shape index (κ3) is 2.69. The zero-order valence-electron chi connectivity index (χ0n) is 18.2. The van der Waals surface area contributed by atoms with Gasteiger partial charge in [-0.15, -0.1) is 0 Å². The Hall–Kier alpha value is -4.04. The largest absolute Gasteiger partial charge is 0.370 e. The number of carbonyl (C=O) groups excluding carboxylic acids is 4. The molecule has 4 atom stereocenters. The first-order chi connectivity index (χ1) is 16.4. The van der Waals surface area contributed by atoms with E-state index in [1.54, 1.807) is 30.3 Å². The van der Waals surface area contributed by atoms with Crippen molar-refractivity contribution >= 4 is 45.8 Å². The summed E-state index contributed by atoms with van der Waals surface area (Å²) >= 11 is 0. The molecule has 3 heterocycles. The number of nitrogens with zero attached hydrogens (tertiary/aromatic N) is 1. The molecule has 4 amide bonds. The second-order valence-electron chi connectivity index (χ2n) is 9.11. The lowest BCUT2D eigenvalue weighted by Crippen LogP contribution is -2.53. The molecule has 8 nitrogen and oxygen atoms in total. The van der Waals surface area contributed by atoms with Gasteiger partial charge in [-0.05, 0) is 35.4 Å². The normalized spacial score (nSPS) is 27.4. The Morgan fingerprint density at radius 1 is 0.941 bits per heavy atom. The van der Waals surface area contributed by atoms with Crippen LogP contribution in [-0.2, 0) is 24.7 Å². The lowest BCUT2D eigenvalue weighted by atomic mass is 9.76. The fraction of sp³-hybridized carbons (Fsp3) is 0.231. The van der Waals surface area contributed by atoms with Crippen molar-refractivity contribution in [2.24, 2.45) is 17.6 Å². The average Bonchev–Trinajstić information content (AvgIpc) is 3.42. The molecule has 0 aromatic heterocycles. The van der Waals surface area contributed by atoms with Crippen LogP contribution in [-0.4, -0.2) is 29.7 Å². The van der Waals surface area contributed by atoms with Crippen molar-refractivity contribution in [2.45, 2.75) is 24.4 Å². The van der Waals surface area contributed by atoms with Crippen LogP contribution >= 0.6 is 0 Å². The Bertz CT molecular complexity index is 1400. The molecule has 1 spiro atoms. The third-order valence-electron chi connectivity index (χ3n) is 7.32. The van der Waals surface area contributed by atoms with E-state index in [-0.39, 0.29) is 24.7 Å². The summed E-state index contributed by atoms with van der Waals surface area (Å²) in [7, 11) is 0. The van der Waals surface area contributed by atoms with Crippen molar-refractivity contribution in [3.8, 4) is 0 Å². The number of amides is 4. The number of primary amides is 1. The third-order valence-corrected chi connectivity index (χ3v) is 7.32. The minimum atomic E-state index is -1.39. The van der Waals surface area contributed by atoms with Gasteiger partial charge in [0.2, 0.25) is 23.6 Å². The number of nitrogens with two attached hydrogens (primary N) is 1. The number of rotatable bonds is 4.